The molecule has 6 heteroatoms. The number of halogens is 1. The smallest absolute Gasteiger partial charge is 0.264 e. The first-order valence-corrected chi connectivity index (χ1v) is 10.4. The van der Waals surface area contributed by atoms with Crippen LogP contribution in [0, 0.1) is 5.82 Å². The molecule has 0 saturated heterocycles. The Balaban J connectivity index is 1.42. The van der Waals surface area contributed by atoms with E-state index in [2.05, 4.69) is 4.98 Å². The average Bonchev–Trinajstić information content (AvgIpc) is 3.30. The molecule has 1 amide bonds. The van der Waals surface area contributed by atoms with E-state index in [0.717, 1.165) is 16.5 Å². The van der Waals surface area contributed by atoms with E-state index in [-0.39, 0.29) is 5.56 Å². The summed E-state index contributed by atoms with van der Waals surface area (Å²) in [5.74, 6) is -1.39. The van der Waals surface area contributed by atoms with Gasteiger partial charge in [0.2, 0.25) is 0 Å². The molecule has 5 rings (SSSR count). The number of amides is 1. The molecule has 160 valence electrons. The Kier molecular flexibility index (Phi) is 4.87. The summed E-state index contributed by atoms with van der Waals surface area (Å²) in [4.78, 5) is 31.0. The molecule has 2 N–H and O–H groups in total. The molecule has 3 aromatic carbocycles. The molecule has 0 aliphatic carbocycles. The van der Waals surface area contributed by atoms with Crippen molar-refractivity contribution in [1.82, 2.24) is 4.98 Å². The van der Waals surface area contributed by atoms with Gasteiger partial charge in [-0.05, 0) is 48.4 Å². The minimum atomic E-state index is -1.96. The van der Waals surface area contributed by atoms with Crippen LogP contribution in [-0.2, 0) is 16.8 Å². The summed E-state index contributed by atoms with van der Waals surface area (Å²) in [7, 11) is 0. The number of aliphatic hydroxyl groups is 1. The number of ketones is 1. The number of Topliss-reactive ketones (excluding diaryl/α,β-unsaturated/α-hetero) is 1. The van der Waals surface area contributed by atoms with E-state index in [1.54, 1.807) is 29.2 Å². The fourth-order valence-electron chi connectivity index (χ4n) is 4.44. The van der Waals surface area contributed by atoms with Gasteiger partial charge in [-0.2, -0.15) is 0 Å². The zero-order chi connectivity index (χ0) is 22.3. The third kappa shape index (κ3) is 3.29. The van der Waals surface area contributed by atoms with Crippen molar-refractivity contribution in [2.45, 2.75) is 18.4 Å². The van der Waals surface area contributed by atoms with Crippen molar-refractivity contribution >= 4 is 28.3 Å². The lowest BCUT2D eigenvalue weighted by Gasteiger charge is -2.23. The van der Waals surface area contributed by atoms with Gasteiger partial charge in [0.25, 0.3) is 5.91 Å². The van der Waals surface area contributed by atoms with Crippen molar-refractivity contribution in [3.8, 4) is 0 Å². The van der Waals surface area contributed by atoms with Crippen molar-refractivity contribution in [2.24, 2.45) is 0 Å². The molecular weight excluding hydrogens is 407 g/mol. The van der Waals surface area contributed by atoms with Crippen LogP contribution in [0.15, 0.2) is 79.0 Å². The minimum absolute atomic E-state index is 0.252. The van der Waals surface area contributed by atoms with Gasteiger partial charge < -0.3 is 15.0 Å². The maximum atomic E-state index is 13.4. The van der Waals surface area contributed by atoms with Gasteiger partial charge in [0.15, 0.2) is 11.4 Å². The predicted octanol–water partition coefficient (Wildman–Crippen LogP) is 4.36. The summed E-state index contributed by atoms with van der Waals surface area (Å²) in [6.07, 6.45) is 2.12. The van der Waals surface area contributed by atoms with Crippen molar-refractivity contribution in [3.63, 3.8) is 0 Å². The number of aromatic amines is 1. The standard InChI is InChI=1S/C26H21FN2O3/c27-19-11-9-17(10-12-19)24(30)15-26(32)21-6-2-4-8-23(21)29(25(26)31)14-13-18-16-28-22-7-3-1-5-20(18)22/h1-12,16,28,32H,13-15H2/t26-/m1/s1. The van der Waals surface area contributed by atoms with E-state index < -0.39 is 29.5 Å². The number of rotatable bonds is 6. The number of hydrogen-bond acceptors (Lipinski definition) is 3. The Bertz CT molecular complexity index is 1330. The Morgan fingerprint density at radius 3 is 2.53 bits per heavy atom. The van der Waals surface area contributed by atoms with Gasteiger partial charge in [0, 0.05) is 34.8 Å². The molecule has 2 heterocycles. The van der Waals surface area contributed by atoms with Crippen LogP contribution in [0.25, 0.3) is 10.9 Å². The van der Waals surface area contributed by atoms with Gasteiger partial charge in [-0.25, -0.2) is 4.39 Å². The van der Waals surface area contributed by atoms with Crippen molar-refractivity contribution in [3.05, 3.63) is 102 Å². The van der Waals surface area contributed by atoms with Crippen LogP contribution in [-0.4, -0.2) is 28.3 Å². The number of H-pyrrole nitrogens is 1. The quantitative estimate of drug-likeness (QED) is 0.448. The molecule has 1 atom stereocenters. The predicted molar refractivity (Wildman–Crippen MR) is 120 cm³/mol. The van der Waals surface area contributed by atoms with Crippen LogP contribution < -0.4 is 4.90 Å². The molecule has 0 radical (unpaired) electrons. The van der Waals surface area contributed by atoms with Crippen LogP contribution >= 0.6 is 0 Å². The van der Waals surface area contributed by atoms with E-state index in [1.165, 1.54) is 24.3 Å². The van der Waals surface area contributed by atoms with Crippen LogP contribution in [0.2, 0.25) is 0 Å². The average molecular weight is 428 g/mol. The lowest BCUT2D eigenvalue weighted by molar-refractivity contribution is -0.135. The maximum absolute atomic E-state index is 13.4. The van der Waals surface area contributed by atoms with E-state index in [1.807, 2.05) is 30.5 Å². The fourth-order valence-corrected chi connectivity index (χ4v) is 4.44. The summed E-state index contributed by atoms with van der Waals surface area (Å²) in [5.41, 5.74) is 1.41. The van der Waals surface area contributed by atoms with Crippen molar-refractivity contribution in [1.29, 1.82) is 0 Å². The van der Waals surface area contributed by atoms with Crippen molar-refractivity contribution in [2.75, 3.05) is 11.4 Å². The van der Waals surface area contributed by atoms with Gasteiger partial charge in [0.05, 0.1) is 12.1 Å². The first-order valence-electron chi connectivity index (χ1n) is 10.4. The SMILES string of the molecule is O=C(C[C@]1(O)C(=O)N(CCc2c[nH]c3ccccc23)c2ccccc21)c1ccc(F)cc1. The molecule has 0 bridgehead atoms. The normalized spacial score (nSPS) is 17.7. The second-order valence-corrected chi connectivity index (χ2v) is 8.05. The molecule has 4 aromatic rings. The highest BCUT2D eigenvalue weighted by molar-refractivity contribution is 6.10. The molecule has 1 aliphatic heterocycles. The molecule has 1 aromatic heterocycles. The maximum Gasteiger partial charge on any atom is 0.264 e. The monoisotopic (exact) mass is 428 g/mol. The molecule has 0 fully saturated rings. The van der Waals surface area contributed by atoms with Gasteiger partial charge in [0.1, 0.15) is 5.82 Å². The van der Waals surface area contributed by atoms with Crippen LogP contribution in [0.5, 0.6) is 0 Å². The van der Waals surface area contributed by atoms with Crippen molar-refractivity contribution < 1.29 is 19.1 Å². The highest BCUT2D eigenvalue weighted by Gasteiger charge is 2.50. The van der Waals surface area contributed by atoms with Crippen LogP contribution in [0.1, 0.15) is 27.9 Å². The molecular formula is C26H21FN2O3. The summed E-state index contributed by atoms with van der Waals surface area (Å²) in [6, 6.07) is 20.1. The highest BCUT2D eigenvalue weighted by Crippen LogP contribution is 2.43. The zero-order valence-electron chi connectivity index (χ0n) is 17.2. The largest absolute Gasteiger partial charge is 0.375 e. The summed E-state index contributed by atoms with van der Waals surface area (Å²) < 4.78 is 13.2. The number of anilines is 1. The van der Waals surface area contributed by atoms with Gasteiger partial charge in [-0.1, -0.05) is 36.4 Å². The third-order valence-electron chi connectivity index (χ3n) is 6.10. The molecule has 0 spiro atoms. The lowest BCUT2D eigenvalue weighted by Crippen LogP contribution is -2.42. The molecule has 0 saturated carbocycles. The topological polar surface area (TPSA) is 73.4 Å². The number of benzene rings is 3. The Morgan fingerprint density at radius 1 is 1.00 bits per heavy atom. The van der Waals surface area contributed by atoms with Crippen LogP contribution in [0.3, 0.4) is 0 Å². The van der Waals surface area contributed by atoms with Gasteiger partial charge in [-0.15, -0.1) is 0 Å². The van der Waals surface area contributed by atoms with E-state index >= 15 is 0 Å². The third-order valence-corrected chi connectivity index (χ3v) is 6.10. The van der Waals surface area contributed by atoms with E-state index in [9.17, 15) is 19.1 Å². The number of nitrogens with one attached hydrogen (secondary N) is 1. The number of fused-ring (bicyclic) bond motifs is 2. The van der Waals surface area contributed by atoms with E-state index in [0.29, 0.717) is 24.2 Å². The molecule has 5 nitrogen and oxygen atoms in total. The number of hydrogen-bond donors (Lipinski definition) is 2. The number of para-hydroxylation sites is 2. The minimum Gasteiger partial charge on any atom is -0.375 e. The Morgan fingerprint density at radius 2 is 1.72 bits per heavy atom. The fraction of sp³-hybridized carbons (Fsp3) is 0.154. The Labute approximate surface area is 184 Å². The Hall–Kier alpha value is -3.77. The van der Waals surface area contributed by atoms with E-state index in [4.69, 9.17) is 0 Å². The molecule has 0 unspecified atom stereocenters. The summed E-state index contributed by atoms with van der Waals surface area (Å²) in [6.45, 7) is 0.366. The molecule has 32 heavy (non-hydrogen) atoms. The number of aromatic nitrogens is 1. The summed E-state index contributed by atoms with van der Waals surface area (Å²) in [5, 5.41) is 12.5. The number of carbonyl (C=O) groups is 2. The number of nitrogens with zero attached hydrogens (tertiary/aromatic N) is 1. The first-order chi connectivity index (χ1) is 15.5. The van der Waals surface area contributed by atoms with Gasteiger partial charge in [-0.3, -0.25) is 9.59 Å². The molecule has 1 aliphatic rings. The number of carbonyl (C=O) groups excluding carboxylic acids is 2. The van der Waals surface area contributed by atoms with Gasteiger partial charge >= 0.3 is 0 Å². The lowest BCUT2D eigenvalue weighted by atomic mass is 9.88. The summed E-state index contributed by atoms with van der Waals surface area (Å²) >= 11 is 0. The second kappa shape index (κ2) is 7.73. The zero-order valence-corrected chi connectivity index (χ0v) is 17.2. The highest BCUT2D eigenvalue weighted by atomic mass is 19.1. The van der Waals surface area contributed by atoms with Crippen LogP contribution in [0.4, 0.5) is 10.1 Å². The first kappa shape index (κ1) is 20.2. The second-order valence-electron chi connectivity index (χ2n) is 8.05.